The van der Waals surface area contributed by atoms with Crippen molar-refractivity contribution >= 4 is 11.0 Å². The molecule has 0 bridgehead atoms. The number of unbranched alkanes of at least 4 members (excludes halogenated alkanes) is 1. The molecule has 0 atom stereocenters. The number of hydrogen-bond acceptors (Lipinski definition) is 2. The molecular weight excluding hydrogens is 360 g/mol. The minimum atomic E-state index is -2.70. The number of aromatic amines is 1. The molecule has 1 fully saturated rings. The van der Waals surface area contributed by atoms with Crippen molar-refractivity contribution < 1.29 is 8.78 Å². The van der Waals surface area contributed by atoms with Gasteiger partial charge in [-0.2, -0.15) is 0 Å². The summed E-state index contributed by atoms with van der Waals surface area (Å²) in [5, 5.41) is 3.40. The first kappa shape index (κ1) is 19.1. The van der Waals surface area contributed by atoms with Gasteiger partial charge in [0.05, 0.1) is 16.6 Å². The number of halogens is 2. The van der Waals surface area contributed by atoms with E-state index in [2.05, 4.69) is 10.3 Å². The summed E-state index contributed by atoms with van der Waals surface area (Å²) in [5.41, 5.74) is 2.61. The average Bonchev–Trinajstić information content (AvgIpc) is 3.03. The summed E-state index contributed by atoms with van der Waals surface area (Å²) in [6.45, 7) is 1.80. The van der Waals surface area contributed by atoms with Gasteiger partial charge in [0.2, 0.25) is 0 Å². The molecule has 1 saturated heterocycles. The fourth-order valence-electron chi connectivity index (χ4n) is 4.60. The lowest BCUT2D eigenvalue weighted by molar-refractivity contribution is 0.0570. The van der Waals surface area contributed by atoms with Crippen LogP contribution in [-0.2, 0) is 5.54 Å². The van der Waals surface area contributed by atoms with E-state index in [9.17, 15) is 13.6 Å². The number of allylic oxidation sites excluding steroid dienone is 4. The van der Waals surface area contributed by atoms with Crippen molar-refractivity contribution in [1.82, 2.24) is 14.9 Å². The Balaban J connectivity index is 1.48. The second kappa shape index (κ2) is 7.66. The number of aromatic nitrogens is 2. The molecule has 2 aromatic rings. The minimum Gasteiger partial charge on any atom is -0.317 e. The number of para-hydroxylation sites is 2. The number of imidazole rings is 1. The number of fused-ring (bicyclic) bond motifs is 1. The van der Waals surface area contributed by atoms with E-state index in [4.69, 9.17) is 0 Å². The normalized spacial score (nSPS) is 21.0. The fraction of sp³-hybridized carbons (Fsp3) is 0.500. The highest BCUT2D eigenvalue weighted by Crippen LogP contribution is 2.35. The molecule has 0 saturated carbocycles. The Hall–Kier alpha value is -2.21. The van der Waals surface area contributed by atoms with Crippen LogP contribution in [0.4, 0.5) is 8.78 Å². The largest absolute Gasteiger partial charge is 0.326 e. The van der Waals surface area contributed by atoms with E-state index in [0.29, 0.717) is 0 Å². The number of benzene rings is 1. The Morgan fingerprint density at radius 3 is 2.64 bits per heavy atom. The van der Waals surface area contributed by atoms with E-state index in [1.54, 1.807) is 12.2 Å². The lowest BCUT2D eigenvalue weighted by atomic mass is 9.82. The van der Waals surface area contributed by atoms with Crippen molar-refractivity contribution in [2.45, 2.75) is 56.4 Å². The summed E-state index contributed by atoms with van der Waals surface area (Å²) in [6.07, 6.45) is 9.52. The molecule has 0 amide bonds. The highest BCUT2D eigenvalue weighted by molar-refractivity contribution is 5.75. The van der Waals surface area contributed by atoms with Crippen LogP contribution in [0.2, 0.25) is 0 Å². The van der Waals surface area contributed by atoms with Crippen LogP contribution in [-0.4, -0.2) is 28.6 Å². The van der Waals surface area contributed by atoms with Gasteiger partial charge in [0.25, 0.3) is 5.92 Å². The lowest BCUT2D eigenvalue weighted by Crippen LogP contribution is -2.47. The topological polar surface area (TPSA) is 49.8 Å². The van der Waals surface area contributed by atoms with Crippen LogP contribution in [0.15, 0.2) is 52.9 Å². The van der Waals surface area contributed by atoms with Gasteiger partial charge in [0, 0.05) is 6.42 Å². The first-order chi connectivity index (χ1) is 13.5. The third-order valence-corrected chi connectivity index (χ3v) is 6.13. The predicted molar refractivity (Wildman–Crippen MR) is 108 cm³/mol. The van der Waals surface area contributed by atoms with Gasteiger partial charge < -0.3 is 10.3 Å². The summed E-state index contributed by atoms with van der Waals surface area (Å²) in [5.74, 6) is -2.70. The molecule has 1 aliphatic heterocycles. The van der Waals surface area contributed by atoms with Crippen molar-refractivity contribution in [2.24, 2.45) is 0 Å². The number of rotatable bonds is 6. The van der Waals surface area contributed by atoms with Crippen LogP contribution >= 0.6 is 0 Å². The molecule has 4 nitrogen and oxygen atoms in total. The number of nitrogens with one attached hydrogen (secondary N) is 2. The van der Waals surface area contributed by atoms with Gasteiger partial charge in [-0.25, -0.2) is 13.6 Å². The van der Waals surface area contributed by atoms with Crippen LogP contribution in [0.3, 0.4) is 0 Å². The second-order valence-electron chi connectivity index (χ2n) is 8.04. The predicted octanol–water partition coefficient (Wildman–Crippen LogP) is 4.49. The van der Waals surface area contributed by atoms with Gasteiger partial charge in [-0.3, -0.25) is 4.57 Å². The third kappa shape index (κ3) is 3.83. The maximum Gasteiger partial charge on any atom is 0.326 e. The molecule has 1 aliphatic carbocycles. The number of hydrogen-bond donors (Lipinski definition) is 2. The van der Waals surface area contributed by atoms with Crippen LogP contribution in [0.25, 0.3) is 11.0 Å². The highest BCUT2D eigenvalue weighted by Gasteiger charge is 2.36. The molecule has 150 valence electrons. The summed E-state index contributed by atoms with van der Waals surface area (Å²) < 4.78 is 28.4. The molecule has 0 unspecified atom stereocenters. The average molecular weight is 387 g/mol. The van der Waals surface area contributed by atoms with E-state index >= 15 is 0 Å². The molecule has 4 rings (SSSR count). The van der Waals surface area contributed by atoms with Crippen molar-refractivity contribution in [2.75, 3.05) is 13.1 Å². The monoisotopic (exact) mass is 387 g/mol. The minimum absolute atomic E-state index is 0.0387. The van der Waals surface area contributed by atoms with Gasteiger partial charge in [-0.15, -0.1) is 0 Å². The van der Waals surface area contributed by atoms with Crippen molar-refractivity contribution in [1.29, 1.82) is 0 Å². The molecule has 2 heterocycles. The molecule has 1 aromatic carbocycles. The van der Waals surface area contributed by atoms with Gasteiger partial charge in [0.1, 0.15) is 0 Å². The Bertz CT molecular complexity index is 948. The Labute approximate surface area is 163 Å². The van der Waals surface area contributed by atoms with E-state index < -0.39 is 5.92 Å². The van der Waals surface area contributed by atoms with Gasteiger partial charge in [0.15, 0.2) is 0 Å². The van der Waals surface area contributed by atoms with Crippen LogP contribution in [0.1, 0.15) is 44.9 Å². The lowest BCUT2D eigenvalue weighted by Gasteiger charge is -2.39. The maximum absolute atomic E-state index is 13.2. The summed E-state index contributed by atoms with van der Waals surface area (Å²) in [4.78, 5) is 15.8. The van der Waals surface area contributed by atoms with E-state index in [1.807, 2.05) is 28.8 Å². The number of alkyl halides is 2. The summed E-state index contributed by atoms with van der Waals surface area (Å²) in [7, 11) is 0. The molecule has 0 radical (unpaired) electrons. The van der Waals surface area contributed by atoms with E-state index in [1.165, 1.54) is 0 Å². The zero-order chi connectivity index (χ0) is 19.6. The van der Waals surface area contributed by atoms with Gasteiger partial charge in [-0.05, 0) is 63.4 Å². The first-order valence-corrected chi connectivity index (χ1v) is 10.2. The number of piperidine rings is 1. The number of H-pyrrole nitrogens is 1. The molecule has 2 aliphatic rings. The zero-order valence-electron chi connectivity index (χ0n) is 16.0. The summed E-state index contributed by atoms with van der Waals surface area (Å²) >= 11 is 0. The van der Waals surface area contributed by atoms with Crippen LogP contribution in [0.5, 0.6) is 0 Å². The fourth-order valence-corrected chi connectivity index (χ4v) is 4.60. The van der Waals surface area contributed by atoms with Gasteiger partial charge >= 0.3 is 5.69 Å². The maximum atomic E-state index is 13.2. The zero-order valence-corrected chi connectivity index (χ0v) is 16.0. The molecule has 1 aromatic heterocycles. The second-order valence-corrected chi connectivity index (χ2v) is 8.04. The van der Waals surface area contributed by atoms with Crippen molar-refractivity contribution in [3.8, 4) is 0 Å². The first-order valence-electron chi connectivity index (χ1n) is 10.2. The van der Waals surface area contributed by atoms with Crippen LogP contribution < -0.4 is 11.0 Å². The van der Waals surface area contributed by atoms with Crippen molar-refractivity contribution in [3.63, 3.8) is 0 Å². The smallest absolute Gasteiger partial charge is 0.317 e. The number of nitrogens with zero attached hydrogens (tertiary/aromatic N) is 1. The highest BCUT2D eigenvalue weighted by atomic mass is 19.3. The molecule has 2 N–H and O–H groups in total. The van der Waals surface area contributed by atoms with Crippen LogP contribution in [0, 0.1) is 0 Å². The van der Waals surface area contributed by atoms with E-state index in [-0.39, 0.29) is 17.6 Å². The molecule has 6 heteroatoms. The quantitative estimate of drug-likeness (QED) is 0.718. The molecule has 0 spiro atoms. The molecule has 28 heavy (non-hydrogen) atoms. The SMILES string of the molecule is O=c1[nH]c2ccccc2n1C1(CCCCC2=CCC(F)(F)C=C2)CCNCC1. The summed E-state index contributed by atoms with van der Waals surface area (Å²) in [6, 6.07) is 7.86. The Morgan fingerprint density at radius 2 is 1.89 bits per heavy atom. The standard InChI is InChI=1S/C22H27F2N3O/c23-22(24)11-8-17(9-12-22)5-3-4-10-21(13-15-25-16-14-21)27-19-7-2-1-6-18(19)26-20(27)28/h1-2,6-9,11,25H,3-5,10,12-16H2,(H,26,28). The Kier molecular flexibility index (Phi) is 5.23. The van der Waals surface area contributed by atoms with Crippen molar-refractivity contribution in [3.05, 3.63) is 58.6 Å². The van der Waals surface area contributed by atoms with Gasteiger partial charge in [-0.1, -0.05) is 36.3 Å². The third-order valence-electron chi connectivity index (χ3n) is 6.13. The molecular formula is C22H27F2N3O. The van der Waals surface area contributed by atoms with E-state index in [0.717, 1.165) is 74.3 Å². The Morgan fingerprint density at radius 1 is 1.11 bits per heavy atom.